The number of nitrogens with one attached hydrogen (secondary N) is 1. The number of nitrogens with zero attached hydrogens (tertiary/aromatic N) is 1. The number of likely N-dealkylation sites (N-methyl/N-ethyl adjacent to an activating group) is 1. The van der Waals surface area contributed by atoms with Crippen molar-refractivity contribution >= 4 is 5.91 Å². The molecular weight excluding hydrogens is 168 g/mol. The van der Waals surface area contributed by atoms with Crippen molar-refractivity contribution in [3.8, 4) is 0 Å². The van der Waals surface area contributed by atoms with Crippen LogP contribution >= 0.6 is 0 Å². The molecule has 13 heavy (non-hydrogen) atoms. The number of carbonyl (C=O) groups excluding carboxylic acids is 1. The molecule has 4 nitrogen and oxygen atoms in total. The van der Waals surface area contributed by atoms with Crippen molar-refractivity contribution in [1.29, 1.82) is 0 Å². The monoisotopic (exact) mass is 184 g/mol. The largest absolute Gasteiger partial charge is 0.362 e. The molecule has 2 rings (SSSR count). The van der Waals surface area contributed by atoms with Gasteiger partial charge in [-0.15, -0.1) is 0 Å². The van der Waals surface area contributed by atoms with Crippen LogP contribution in [0.15, 0.2) is 0 Å². The summed E-state index contributed by atoms with van der Waals surface area (Å²) in [5, 5.41) is 3.22. The van der Waals surface area contributed by atoms with Crippen LogP contribution in [0, 0.1) is 0 Å². The van der Waals surface area contributed by atoms with Crippen molar-refractivity contribution in [1.82, 2.24) is 10.2 Å². The highest BCUT2D eigenvalue weighted by Crippen LogP contribution is 2.25. The van der Waals surface area contributed by atoms with E-state index in [0.717, 1.165) is 25.9 Å². The third kappa shape index (κ3) is 1.44. The van der Waals surface area contributed by atoms with Crippen LogP contribution in [0.1, 0.15) is 12.8 Å². The smallest absolute Gasteiger partial charge is 0.255 e. The van der Waals surface area contributed by atoms with E-state index in [1.165, 1.54) is 0 Å². The van der Waals surface area contributed by atoms with Crippen molar-refractivity contribution < 1.29 is 9.53 Å². The predicted molar refractivity (Wildman–Crippen MR) is 48.4 cm³/mol. The minimum atomic E-state index is -0.536. The SMILES string of the molecule is CN1CCO[C@@]2(CCCNC2)C1=O. The number of amides is 1. The molecule has 0 aromatic carbocycles. The average Bonchev–Trinajstić information content (AvgIpc) is 2.16. The maximum absolute atomic E-state index is 11.9. The quantitative estimate of drug-likeness (QED) is 0.557. The van der Waals surface area contributed by atoms with Crippen molar-refractivity contribution in [2.45, 2.75) is 18.4 Å². The normalized spacial score (nSPS) is 35.5. The van der Waals surface area contributed by atoms with Crippen LogP contribution in [0.25, 0.3) is 0 Å². The molecule has 1 N–H and O–H groups in total. The number of carbonyl (C=O) groups is 1. The summed E-state index contributed by atoms with van der Waals surface area (Å²) in [5.74, 6) is 0.144. The number of morpholine rings is 1. The van der Waals surface area contributed by atoms with Crippen molar-refractivity contribution in [3.63, 3.8) is 0 Å². The molecule has 2 fully saturated rings. The minimum Gasteiger partial charge on any atom is -0.362 e. The first-order chi connectivity index (χ1) is 6.25. The van der Waals surface area contributed by atoms with Gasteiger partial charge in [0.25, 0.3) is 5.91 Å². The molecule has 1 amide bonds. The van der Waals surface area contributed by atoms with Gasteiger partial charge >= 0.3 is 0 Å². The van der Waals surface area contributed by atoms with Gasteiger partial charge in [-0.2, -0.15) is 0 Å². The highest BCUT2D eigenvalue weighted by Gasteiger charge is 2.44. The molecule has 0 aromatic rings. The highest BCUT2D eigenvalue weighted by atomic mass is 16.5. The third-order valence-electron chi connectivity index (χ3n) is 2.89. The van der Waals surface area contributed by atoms with E-state index in [9.17, 15) is 4.79 Å². The molecule has 0 aromatic heterocycles. The summed E-state index contributed by atoms with van der Waals surface area (Å²) in [6.07, 6.45) is 1.89. The van der Waals surface area contributed by atoms with Gasteiger partial charge in [0, 0.05) is 20.1 Å². The topological polar surface area (TPSA) is 41.6 Å². The van der Waals surface area contributed by atoms with Crippen LogP contribution in [0.2, 0.25) is 0 Å². The van der Waals surface area contributed by atoms with E-state index in [-0.39, 0.29) is 5.91 Å². The summed E-state index contributed by atoms with van der Waals surface area (Å²) in [6, 6.07) is 0. The van der Waals surface area contributed by atoms with Crippen LogP contribution < -0.4 is 5.32 Å². The van der Waals surface area contributed by atoms with Gasteiger partial charge in [0.05, 0.1) is 6.61 Å². The fraction of sp³-hybridized carbons (Fsp3) is 0.889. The summed E-state index contributed by atoms with van der Waals surface area (Å²) >= 11 is 0. The Morgan fingerprint density at radius 2 is 2.46 bits per heavy atom. The van der Waals surface area contributed by atoms with Crippen molar-refractivity contribution in [2.75, 3.05) is 33.3 Å². The average molecular weight is 184 g/mol. The lowest BCUT2D eigenvalue weighted by Gasteiger charge is -2.42. The molecule has 1 atom stereocenters. The predicted octanol–water partition coefficient (Wildman–Crippen LogP) is -0.403. The van der Waals surface area contributed by atoms with E-state index in [1.54, 1.807) is 4.90 Å². The molecule has 2 aliphatic rings. The first-order valence-electron chi connectivity index (χ1n) is 4.85. The van der Waals surface area contributed by atoms with Gasteiger partial charge in [0.2, 0.25) is 0 Å². The number of hydrogen-bond acceptors (Lipinski definition) is 3. The van der Waals surface area contributed by atoms with Crippen LogP contribution in [0.4, 0.5) is 0 Å². The molecular formula is C9H16N2O2. The molecule has 1 spiro atoms. The van der Waals surface area contributed by atoms with Crippen LogP contribution in [0.3, 0.4) is 0 Å². The minimum absolute atomic E-state index is 0.144. The second-order valence-electron chi connectivity index (χ2n) is 3.85. The Bertz CT molecular complexity index is 206. The van der Waals surface area contributed by atoms with E-state index in [4.69, 9.17) is 4.74 Å². The van der Waals surface area contributed by atoms with Gasteiger partial charge in [-0.3, -0.25) is 4.79 Å². The van der Waals surface area contributed by atoms with E-state index in [1.807, 2.05) is 7.05 Å². The van der Waals surface area contributed by atoms with Gasteiger partial charge < -0.3 is 15.0 Å². The third-order valence-corrected chi connectivity index (χ3v) is 2.89. The Kier molecular flexibility index (Phi) is 2.26. The molecule has 2 heterocycles. The van der Waals surface area contributed by atoms with Crippen LogP contribution in [0.5, 0.6) is 0 Å². The second-order valence-corrected chi connectivity index (χ2v) is 3.85. The molecule has 0 aliphatic carbocycles. The van der Waals surface area contributed by atoms with E-state index < -0.39 is 5.60 Å². The number of rotatable bonds is 0. The Hall–Kier alpha value is -0.610. The summed E-state index contributed by atoms with van der Waals surface area (Å²) < 4.78 is 5.64. The maximum atomic E-state index is 11.9. The Morgan fingerprint density at radius 3 is 3.15 bits per heavy atom. The van der Waals surface area contributed by atoms with Gasteiger partial charge in [0.1, 0.15) is 0 Å². The molecule has 0 bridgehead atoms. The van der Waals surface area contributed by atoms with E-state index in [0.29, 0.717) is 13.2 Å². The molecule has 2 saturated heterocycles. The van der Waals surface area contributed by atoms with E-state index >= 15 is 0 Å². The van der Waals surface area contributed by atoms with Crippen molar-refractivity contribution in [3.05, 3.63) is 0 Å². The summed E-state index contributed by atoms with van der Waals surface area (Å²) in [4.78, 5) is 13.6. The van der Waals surface area contributed by atoms with Crippen LogP contribution in [-0.4, -0.2) is 49.7 Å². The fourth-order valence-electron chi connectivity index (χ4n) is 2.07. The molecule has 0 saturated carbocycles. The Morgan fingerprint density at radius 1 is 1.62 bits per heavy atom. The number of hydrogen-bond donors (Lipinski definition) is 1. The lowest BCUT2D eigenvalue weighted by atomic mass is 9.91. The van der Waals surface area contributed by atoms with Gasteiger partial charge in [-0.1, -0.05) is 0 Å². The molecule has 0 unspecified atom stereocenters. The van der Waals surface area contributed by atoms with Crippen molar-refractivity contribution in [2.24, 2.45) is 0 Å². The molecule has 2 aliphatic heterocycles. The lowest BCUT2D eigenvalue weighted by Crippen LogP contribution is -2.61. The maximum Gasteiger partial charge on any atom is 0.255 e. The summed E-state index contributed by atoms with van der Waals surface area (Å²) in [7, 11) is 1.85. The standard InChI is InChI=1S/C9H16N2O2/c1-11-5-6-13-9(8(11)12)3-2-4-10-7-9/h10H,2-7H2,1H3/t9-/m1/s1. The lowest BCUT2D eigenvalue weighted by molar-refractivity contribution is -0.172. The van der Waals surface area contributed by atoms with Gasteiger partial charge in [0.15, 0.2) is 5.60 Å². The first kappa shape index (κ1) is 8.97. The highest BCUT2D eigenvalue weighted by molar-refractivity contribution is 5.86. The first-order valence-corrected chi connectivity index (χ1v) is 4.85. The van der Waals surface area contributed by atoms with Gasteiger partial charge in [-0.25, -0.2) is 0 Å². The zero-order valence-corrected chi connectivity index (χ0v) is 8.01. The zero-order valence-electron chi connectivity index (χ0n) is 8.01. The Balaban J connectivity index is 2.14. The van der Waals surface area contributed by atoms with Crippen LogP contribution in [-0.2, 0) is 9.53 Å². The molecule has 0 radical (unpaired) electrons. The Labute approximate surface area is 78.2 Å². The zero-order chi connectivity index (χ0) is 9.31. The molecule has 4 heteroatoms. The summed E-state index contributed by atoms with van der Waals surface area (Å²) in [5.41, 5.74) is -0.536. The second kappa shape index (κ2) is 3.27. The summed E-state index contributed by atoms with van der Waals surface area (Å²) in [6.45, 7) is 3.07. The van der Waals surface area contributed by atoms with Gasteiger partial charge in [-0.05, 0) is 19.4 Å². The molecule has 74 valence electrons. The number of ether oxygens (including phenoxy) is 1. The number of piperidine rings is 1. The van der Waals surface area contributed by atoms with E-state index in [2.05, 4.69) is 5.32 Å². The fourth-order valence-corrected chi connectivity index (χ4v) is 2.07.